The standard InChI is InChI=1S/C11H24N2OS/c1-3-10(9-12)11(14)13-7-5-4-6-8-15-2/h10H,3-9,12H2,1-2H3,(H,13,14). The molecule has 1 atom stereocenters. The molecule has 0 saturated carbocycles. The minimum Gasteiger partial charge on any atom is -0.356 e. The van der Waals surface area contributed by atoms with Gasteiger partial charge in [0, 0.05) is 19.0 Å². The zero-order valence-corrected chi connectivity index (χ0v) is 10.7. The number of carbonyl (C=O) groups excluding carboxylic acids is 1. The number of nitrogens with one attached hydrogen (secondary N) is 1. The number of carbonyl (C=O) groups is 1. The van der Waals surface area contributed by atoms with Gasteiger partial charge in [0.05, 0.1) is 0 Å². The van der Waals surface area contributed by atoms with Crippen LogP contribution in [0.5, 0.6) is 0 Å². The summed E-state index contributed by atoms with van der Waals surface area (Å²) in [5.74, 6) is 1.33. The molecule has 0 aromatic carbocycles. The van der Waals surface area contributed by atoms with Crippen LogP contribution in [0.15, 0.2) is 0 Å². The maximum absolute atomic E-state index is 11.5. The van der Waals surface area contributed by atoms with Crippen molar-refractivity contribution >= 4 is 17.7 Å². The summed E-state index contributed by atoms with van der Waals surface area (Å²) in [7, 11) is 0. The van der Waals surface area contributed by atoms with E-state index in [-0.39, 0.29) is 11.8 Å². The van der Waals surface area contributed by atoms with Crippen molar-refractivity contribution in [3.8, 4) is 0 Å². The van der Waals surface area contributed by atoms with Crippen LogP contribution in [0, 0.1) is 5.92 Å². The Hall–Kier alpha value is -0.220. The van der Waals surface area contributed by atoms with Crippen LogP contribution in [0.4, 0.5) is 0 Å². The van der Waals surface area contributed by atoms with E-state index in [0.29, 0.717) is 6.54 Å². The molecule has 0 aliphatic rings. The van der Waals surface area contributed by atoms with E-state index in [1.54, 1.807) is 0 Å². The van der Waals surface area contributed by atoms with Crippen molar-refractivity contribution in [3.63, 3.8) is 0 Å². The first-order valence-corrected chi connectivity index (χ1v) is 7.12. The van der Waals surface area contributed by atoms with Gasteiger partial charge >= 0.3 is 0 Å². The van der Waals surface area contributed by atoms with Crippen molar-refractivity contribution in [2.24, 2.45) is 11.7 Å². The van der Waals surface area contributed by atoms with E-state index in [9.17, 15) is 4.79 Å². The highest BCUT2D eigenvalue weighted by Gasteiger charge is 2.12. The van der Waals surface area contributed by atoms with Gasteiger partial charge in [-0.05, 0) is 31.3 Å². The Labute approximate surface area is 97.6 Å². The number of hydrogen-bond acceptors (Lipinski definition) is 3. The lowest BCUT2D eigenvalue weighted by molar-refractivity contribution is -0.124. The second-order valence-electron chi connectivity index (χ2n) is 3.69. The Balaban J connectivity index is 3.38. The third kappa shape index (κ3) is 7.68. The summed E-state index contributed by atoms with van der Waals surface area (Å²) in [4.78, 5) is 11.5. The fourth-order valence-electron chi connectivity index (χ4n) is 1.36. The van der Waals surface area contributed by atoms with Gasteiger partial charge in [-0.1, -0.05) is 13.3 Å². The van der Waals surface area contributed by atoms with Crippen molar-refractivity contribution in [1.82, 2.24) is 5.32 Å². The van der Waals surface area contributed by atoms with Crippen molar-refractivity contribution in [3.05, 3.63) is 0 Å². The van der Waals surface area contributed by atoms with Gasteiger partial charge in [0.2, 0.25) is 5.91 Å². The summed E-state index contributed by atoms with van der Waals surface area (Å²) < 4.78 is 0. The van der Waals surface area contributed by atoms with Crippen molar-refractivity contribution in [2.75, 3.05) is 25.1 Å². The van der Waals surface area contributed by atoms with Gasteiger partial charge in [-0.25, -0.2) is 0 Å². The van der Waals surface area contributed by atoms with Crippen molar-refractivity contribution in [1.29, 1.82) is 0 Å². The molecule has 0 fully saturated rings. The molecule has 0 rings (SSSR count). The monoisotopic (exact) mass is 232 g/mol. The fourth-order valence-corrected chi connectivity index (χ4v) is 1.86. The molecule has 0 aliphatic carbocycles. The van der Waals surface area contributed by atoms with Crippen LogP contribution in [0.25, 0.3) is 0 Å². The van der Waals surface area contributed by atoms with E-state index in [1.807, 2.05) is 18.7 Å². The zero-order valence-electron chi connectivity index (χ0n) is 9.92. The largest absolute Gasteiger partial charge is 0.356 e. The summed E-state index contributed by atoms with van der Waals surface area (Å²) >= 11 is 1.87. The van der Waals surface area contributed by atoms with Crippen LogP contribution in [0.1, 0.15) is 32.6 Å². The van der Waals surface area contributed by atoms with Gasteiger partial charge in [0.1, 0.15) is 0 Å². The number of amides is 1. The minimum absolute atomic E-state index is 0.00352. The summed E-state index contributed by atoms with van der Waals surface area (Å²) in [6.07, 6.45) is 6.46. The maximum Gasteiger partial charge on any atom is 0.224 e. The Morgan fingerprint density at radius 2 is 2.13 bits per heavy atom. The minimum atomic E-state index is -0.00352. The highest BCUT2D eigenvalue weighted by atomic mass is 32.2. The molecule has 0 aromatic heterocycles. The van der Waals surface area contributed by atoms with Crippen molar-refractivity contribution < 1.29 is 4.79 Å². The topological polar surface area (TPSA) is 55.1 Å². The molecule has 0 saturated heterocycles. The van der Waals surface area contributed by atoms with E-state index in [0.717, 1.165) is 19.4 Å². The molecule has 0 aliphatic heterocycles. The van der Waals surface area contributed by atoms with Gasteiger partial charge < -0.3 is 11.1 Å². The van der Waals surface area contributed by atoms with E-state index >= 15 is 0 Å². The Morgan fingerprint density at radius 3 is 2.67 bits per heavy atom. The molecular weight excluding hydrogens is 208 g/mol. The molecule has 4 heteroatoms. The van der Waals surface area contributed by atoms with Gasteiger partial charge in [0.15, 0.2) is 0 Å². The van der Waals surface area contributed by atoms with E-state index in [1.165, 1.54) is 18.6 Å². The van der Waals surface area contributed by atoms with Crippen LogP contribution < -0.4 is 11.1 Å². The van der Waals surface area contributed by atoms with E-state index in [2.05, 4.69) is 11.6 Å². The molecular formula is C11H24N2OS. The normalized spacial score (nSPS) is 12.5. The number of thioether (sulfide) groups is 1. The van der Waals surface area contributed by atoms with Crippen LogP contribution in [-0.4, -0.2) is 31.0 Å². The number of unbranched alkanes of at least 4 members (excludes halogenated alkanes) is 2. The lowest BCUT2D eigenvalue weighted by Gasteiger charge is -2.12. The van der Waals surface area contributed by atoms with Crippen LogP contribution in [0.3, 0.4) is 0 Å². The fraction of sp³-hybridized carbons (Fsp3) is 0.909. The SMILES string of the molecule is CCC(CN)C(=O)NCCCCCSC. The Morgan fingerprint density at radius 1 is 1.40 bits per heavy atom. The summed E-state index contributed by atoms with van der Waals surface area (Å²) in [5, 5.41) is 2.94. The quantitative estimate of drug-likeness (QED) is 0.594. The smallest absolute Gasteiger partial charge is 0.224 e. The van der Waals surface area contributed by atoms with Crippen molar-refractivity contribution in [2.45, 2.75) is 32.6 Å². The molecule has 1 amide bonds. The Kier molecular flexibility index (Phi) is 10.2. The first kappa shape index (κ1) is 14.8. The van der Waals surface area contributed by atoms with Crippen LogP contribution in [0.2, 0.25) is 0 Å². The molecule has 15 heavy (non-hydrogen) atoms. The maximum atomic E-state index is 11.5. The third-order valence-electron chi connectivity index (χ3n) is 2.47. The second kappa shape index (κ2) is 10.3. The molecule has 90 valence electrons. The molecule has 0 aromatic rings. The lowest BCUT2D eigenvalue weighted by atomic mass is 10.1. The third-order valence-corrected chi connectivity index (χ3v) is 3.17. The zero-order chi connectivity index (χ0) is 11.5. The molecule has 0 spiro atoms. The average molecular weight is 232 g/mol. The van der Waals surface area contributed by atoms with Gasteiger partial charge in [-0.15, -0.1) is 0 Å². The molecule has 3 nitrogen and oxygen atoms in total. The Bertz CT molecular complexity index is 161. The number of hydrogen-bond donors (Lipinski definition) is 2. The molecule has 0 radical (unpaired) electrons. The predicted octanol–water partition coefficient (Wildman–Crippen LogP) is 1.62. The van der Waals surface area contributed by atoms with E-state index < -0.39 is 0 Å². The van der Waals surface area contributed by atoms with Crippen LogP contribution in [-0.2, 0) is 4.79 Å². The number of rotatable bonds is 9. The molecule has 0 bridgehead atoms. The van der Waals surface area contributed by atoms with Gasteiger partial charge in [-0.2, -0.15) is 11.8 Å². The first-order chi connectivity index (χ1) is 7.26. The van der Waals surface area contributed by atoms with Gasteiger partial charge in [0.25, 0.3) is 0 Å². The average Bonchev–Trinajstić information content (AvgIpc) is 2.25. The number of nitrogens with two attached hydrogens (primary N) is 1. The second-order valence-corrected chi connectivity index (χ2v) is 4.67. The van der Waals surface area contributed by atoms with E-state index in [4.69, 9.17) is 5.73 Å². The highest BCUT2D eigenvalue weighted by molar-refractivity contribution is 7.98. The molecule has 3 N–H and O–H groups in total. The first-order valence-electron chi connectivity index (χ1n) is 5.73. The molecule has 1 unspecified atom stereocenters. The summed E-state index contributed by atoms with van der Waals surface area (Å²) in [6.45, 7) is 3.24. The summed E-state index contributed by atoms with van der Waals surface area (Å²) in [5.41, 5.74) is 5.49. The summed E-state index contributed by atoms with van der Waals surface area (Å²) in [6, 6.07) is 0. The predicted molar refractivity (Wildman–Crippen MR) is 68.1 cm³/mol. The van der Waals surface area contributed by atoms with Crippen LogP contribution >= 0.6 is 11.8 Å². The lowest BCUT2D eigenvalue weighted by Crippen LogP contribution is -2.35. The molecule has 0 heterocycles. The van der Waals surface area contributed by atoms with Gasteiger partial charge in [-0.3, -0.25) is 4.79 Å². The highest BCUT2D eigenvalue weighted by Crippen LogP contribution is 2.02.